The number of hydrogen-bond acceptors (Lipinski definition) is 4. The number of carbonyl (C=O) groups is 1. The topological polar surface area (TPSA) is 75.7 Å². The fraction of sp³-hybridized carbons (Fsp3) is 0.188. The van der Waals surface area contributed by atoms with Crippen molar-refractivity contribution in [3.8, 4) is 0 Å². The molecule has 1 amide bonds. The Hall–Kier alpha value is -1.93. The van der Waals surface area contributed by atoms with Crippen LogP contribution in [0.5, 0.6) is 0 Å². The molecule has 128 valence electrons. The Morgan fingerprint density at radius 1 is 1.21 bits per heavy atom. The number of amides is 1. The predicted octanol–water partition coefficient (Wildman–Crippen LogP) is 2.45. The molecule has 0 spiro atoms. The van der Waals surface area contributed by atoms with Gasteiger partial charge in [0.2, 0.25) is 0 Å². The molecule has 8 heteroatoms. The van der Waals surface area contributed by atoms with Crippen molar-refractivity contribution in [1.29, 1.82) is 0 Å². The van der Waals surface area contributed by atoms with Gasteiger partial charge < -0.3 is 5.32 Å². The molecule has 2 aromatic rings. The number of hydroxylamine groups is 1. The summed E-state index contributed by atoms with van der Waals surface area (Å²) in [6.45, 7) is 0.336. The second-order valence-corrected chi connectivity index (χ2v) is 7.22. The summed E-state index contributed by atoms with van der Waals surface area (Å²) in [6.07, 6.45) is 0. The lowest BCUT2D eigenvalue weighted by Crippen LogP contribution is -2.27. The smallest absolute Gasteiger partial charge is 0.266 e. The lowest BCUT2D eigenvalue weighted by atomic mass is 10.2. The molecule has 0 aliphatic heterocycles. The van der Waals surface area contributed by atoms with Gasteiger partial charge in [-0.25, -0.2) is 8.42 Å². The van der Waals surface area contributed by atoms with Gasteiger partial charge in [-0.15, -0.1) is 0 Å². The summed E-state index contributed by atoms with van der Waals surface area (Å²) in [5.41, 5.74) is 1.13. The highest BCUT2D eigenvalue weighted by molar-refractivity contribution is 7.89. The molecular formula is C16H17ClN2O4S. The van der Waals surface area contributed by atoms with E-state index in [0.29, 0.717) is 11.0 Å². The summed E-state index contributed by atoms with van der Waals surface area (Å²) in [5, 5.41) is 2.75. The molecule has 0 fully saturated rings. The van der Waals surface area contributed by atoms with Crippen LogP contribution in [0.2, 0.25) is 5.02 Å². The zero-order valence-electron chi connectivity index (χ0n) is 13.2. The van der Waals surface area contributed by atoms with E-state index in [-0.39, 0.29) is 15.5 Å². The van der Waals surface area contributed by atoms with Gasteiger partial charge in [-0.3, -0.25) is 9.63 Å². The summed E-state index contributed by atoms with van der Waals surface area (Å²) in [4.78, 5) is 16.8. The highest BCUT2D eigenvalue weighted by Crippen LogP contribution is 2.25. The van der Waals surface area contributed by atoms with Crippen LogP contribution in [-0.4, -0.2) is 33.0 Å². The molecule has 0 aliphatic carbocycles. The first-order valence-electron chi connectivity index (χ1n) is 7.01. The maximum Gasteiger partial charge on any atom is 0.266 e. The van der Waals surface area contributed by atoms with E-state index in [1.54, 1.807) is 0 Å². The van der Waals surface area contributed by atoms with Gasteiger partial charge in [-0.05, 0) is 23.8 Å². The first-order chi connectivity index (χ1) is 11.4. The first-order valence-corrected chi connectivity index (χ1v) is 8.83. The molecule has 0 bridgehead atoms. The zero-order chi connectivity index (χ0) is 17.7. The molecule has 2 aromatic carbocycles. The molecular weight excluding hydrogens is 352 g/mol. The Morgan fingerprint density at radius 2 is 1.88 bits per heavy atom. The van der Waals surface area contributed by atoms with Crippen LogP contribution in [0.3, 0.4) is 0 Å². The van der Waals surface area contributed by atoms with Gasteiger partial charge in [0.25, 0.3) is 15.9 Å². The van der Waals surface area contributed by atoms with Gasteiger partial charge in [0, 0.05) is 19.2 Å². The van der Waals surface area contributed by atoms with Crippen molar-refractivity contribution in [3.05, 3.63) is 64.7 Å². The van der Waals surface area contributed by atoms with Gasteiger partial charge in [-0.1, -0.05) is 46.4 Å². The molecule has 0 atom stereocenters. The van der Waals surface area contributed by atoms with Crippen LogP contribution in [0.15, 0.2) is 53.4 Å². The van der Waals surface area contributed by atoms with Crippen molar-refractivity contribution in [3.63, 3.8) is 0 Å². The highest BCUT2D eigenvalue weighted by atomic mass is 35.5. The van der Waals surface area contributed by atoms with E-state index in [1.165, 1.54) is 32.4 Å². The van der Waals surface area contributed by atoms with Gasteiger partial charge >= 0.3 is 0 Å². The first kappa shape index (κ1) is 18.4. The van der Waals surface area contributed by atoms with Crippen LogP contribution in [0.4, 0.5) is 0 Å². The Labute approximate surface area is 146 Å². The molecule has 0 saturated heterocycles. The summed E-state index contributed by atoms with van der Waals surface area (Å²) in [7, 11) is -1.48. The number of sulfonamides is 1. The van der Waals surface area contributed by atoms with E-state index in [4.69, 9.17) is 16.4 Å². The Kier molecular flexibility index (Phi) is 5.95. The lowest BCUT2D eigenvalue weighted by molar-refractivity contribution is -0.0258. The molecule has 24 heavy (non-hydrogen) atoms. The second-order valence-electron chi connectivity index (χ2n) is 4.91. The molecule has 0 saturated carbocycles. The Balaban J connectivity index is 2.23. The van der Waals surface area contributed by atoms with E-state index >= 15 is 0 Å². The Morgan fingerprint density at radius 3 is 2.50 bits per heavy atom. The summed E-state index contributed by atoms with van der Waals surface area (Å²) in [5.74, 6) is -0.396. The van der Waals surface area contributed by atoms with Crippen LogP contribution in [0.1, 0.15) is 15.9 Å². The van der Waals surface area contributed by atoms with Crippen molar-refractivity contribution in [2.24, 2.45) is 0 Å². The standard InChI is InChI=1S/C16H17ClN2O4S/c1-19(23-2)24(21,22)15-10-13(8-9-14(15)17)16(20)18-11-12-6-4-3-5-7-12/h3-10H,11H2,1-2H3,(H,18,20). The largest absolute Gasteiger partial charge is 0.348 e. The van der Waals surface area contributed by atoms with Gasteiger partial charge in [-0.2, -0.15) is 0 Å². The summed E-state index contributed by atoms with van der Waals surface area (Å²) in [6, 6.07) is 13.5. The molecule has 0 heterocycles. The third kappa shape index (κ3) is 4.12. The number of nitrogens with one attached hydrogen (secondary N) is 1. The number of hydrogen-bond donors (Lipinski definition) is 1. The van der Waals surface area contributed by atoms with Gasteiger partial charge in [0.1, 0.15) is 4.90 Å². The minimum absolute atomic E-state index is 0.0125. The third-order valence-corrected chi connectivity index (χ3v) is 5.52. The van der Waals surface area contributed by atoms with E-state index in [9.17, 15) is 13.2 Å². The molecule has 0 aliphatic rings. The van der Waals surface area contributed by atoms with Crippen molar-refractivity contribution < 1.29 is 18.0 Å². The third-order valence-electron chi connectivity index (χ3n) is 3.36. The number of rotatable bonds is 6. The average molecular weight is 369 g/mol. The molecule has 2 rings (SSSR count). The van der Waals surface area contributed by atoms with Crippen molar-refractivity contribution >= 4 is 27.5 Å². The fourth-order valence-electron chi connectivity index (χ4n) is 1.96. The van der Waals surface area contributed by atoms with E-state index < -0.39 is 15.9 Å². The SMILES string of the molecule is CON(C)S(=O)(=O)c1cc(C(=O)NCc2ccccc2)ccc1Cl. The fourth-order valence-corrected chi connectivity index (χ4v) is 3.43. The number of carbonyl (C=O) groups excluding carboxylic acids is 1. The molecule has 1 N–H and O–H groups in total. The lowest BCUT2D eigenvalue weighted by Gasteiger charge is -2.16. The normalized spacial score (nSPS) is 11.5. The van der Waals surface area contributed by atoms with Crippen LogP contribution < -0.4 is 5.32 Å². The van der Waals surface area contributed by atoms with Crippen LogP contribution >= 0.6 is 11.6 Å². The van der Waals surface area contributed by atoms with Crippen molar-refractivity contribution in [2.75, 3.05) is 14.2 Å². The summed E-state index contributed by atoms with van der Waals surface area (Å²) >= 11 is 5.97. The second kappa shape index (κ2) is 7.76. The monoisotopic (exact) mass is 368 g/mol. The molecule has 6 nitrogen and oxygen atoms in total. The van der Waals surface area contributed by atoms with E-state index in [0.717, 1.165) is 5.56 Å². The average Bonchev–Trinajstić information content (AvgIpc) is 2.60. The summed E-state index contributed by atoms with van der Waals surface area (Å²) < 4.78 is 25.3. The molecule has 0 aromatic heterocycles. The quantitative estimate of drug-likeness (QED) is 0.795. The van der Waals surface area contributed by atoms with Crippen LogP contribution in [0, 0.1) is 0 Å². The Bertz CT molecular complexity index is 825. The van der Waals surface area contributed by atoms with Gasteiger partial charge in [0.05, 0.1) is 12.1 Å². The maximum absolute atomic E-state index is 12.3. The van der Waals surface area contributed by atoms with Crippen molar-refractivity contribution in [1.82, 2.24) is 9.79 Å². The maximum atomic E-state index is 12.3. The minimum Gasteiger partial charge on any atom is -0.348 e. The van der Waals surface area contributed by atoms with E-state index in [2.05, 4.69) is 5.32 Å². The minimum atomic E-state index is -3.94. The number of benzene rings is 2. The molecule has 0 unspecified atom stereocenters. The zero-order valence-corrected chi connectivity index (χ0v) is 14.8. The number of halogens is 1. The highest BCUT2D eigenvalue weighted by Gasteiger charge is 2.25. The number of nitrogens with zero attached hydrogens (tertiary/aromatic N) is 1. The van der Waals surface area contributed by atoms with Crippen molar-refractivity contribution in [2.45, 2.75) is 11.4 Å². The molecule has 0 radical (unpaired) electrons. The van der Waals surface area contributed by atoms with Gasteiger partial charge in [0.15, 0.2) is 0 Å². The predicted molar refractivity (Wildman–Crippen MR) is 91.0 cm³/mol. The van der Waals surface area contributed by atoms with Crippen LogP contribution in [0.25, 0.3) is 0 Å². The van der Waals surface area contributed by atoms with Crippen LogP contribution in [-0.2, 0) is 21.4 Å². The van der Waals surface area contributed by atoms with E-state index in [1.807, 2.05) is 30.3 Å².